The van der Waals surface area contributed by atoms with Crippen molar-refractivity contribution in [2.24, 2.45) is 18.7 Å². The number of nitrogens with two attached hydrogens (primary N) is 1. The third-order valence-electron chi connectivity index (χ3n) is 3.12. The van der Waals surface area contributed by atoms with Crippen molar-refractivity contribution < 1.29 is 13.2 Å². The second-order valence-corrected chi connectivity index (χ2v) is 6.78. The van der Waals surface area contributed by atoms with Crippen molar-refractivity contribution in [1.82, 2.24) is 14.6 Å². The van der Waals surface area contributed by atoms with E-state index in [4.69, 9.17) is 5.73 Å². The second-order valence-electron chi connectivity index (χ2n) is 5.01. The Balaban J connectivity index is 2.91. The number of nitrogens with one attached hydrogen (secondary N) is 2. The van der Waals surface area contributed by atoms with Crippen molar-refractivity contribution in [3.63, 3.8) is 0 Å². The lowest BCUT2D eigenvalue weighted by atomic mass is 10.1. The molecule has 7 nitrogen and oxygen atoms in total. The molecule has 4 N–H and O–H groups in total. The number of aromatic nitrogens is 1. The molecule has 0 fully saturated rings. The molecule has 1 amide bonds. The molecule has 0 saturated carbocycles. The number of carbonyl (C=O) groups is 1. The first kappa shape index (κ1) is 16.7. The molecule has 1 atom stereocenters. The predicted molar refractivity (Wildman–Crippen MR) is 76.8 cm³/mol. The van der Waals surface area contributed by atoms with E-state index in [0.29, 0.717) is 0 Å². The van der Waals surface area contributed by atoms with Gasteiger partial charge in [-0.2, -0.15) is 0 Å². The van der Waals surface area contributed by atoms with Crippen LogP contribution >= 0.6 is 0 Å². The molecule has 0 radical (unpaired) electrons. The van der Waals surface area contributed by atoms with E-state index < -0.39 is 10.0 Å². The molecule has 0 aliphatic rings. The van der Waals surface area contributed by atoms with Crippen molar-refractivity contribution in [2.45, 2.75) is 24.8 Å². The van der Waals surface area contributed by atoms with E-state index in [1.165, 1.54) is 23.9 Å². The minimum absolute atomic E-state index is 0.0505. The molecule has 0 spiro atoms. The lowest BCUT2D eigenvalue weighted by molar-refractivity contribution is 0.0955. The fourth-order valence-electron chi connectivity index (χ4n) is 1.56. The lowest BCUT2D eigenvalue weighted by Gasteiger charge is -2.15. The van der Waals surface area contributed by atoms with E-state index in [9.17, 15) is 13.2 Å². The Morgan fingerprint density at radius 2 is 2.05 bits per heavy atom. The highest BCUT2D eigenvalue weighted by Crippen LogP contribution is 2.13. The monoisotopic (exact) mass is 302 g/mol. The van der Waals surface area contributed by atoms with Gasteiger partial charge in [-0.25, -0.2) is 13.1 Å². The average Bonchev–Trinajstić information content (AvgIpc) is 2.77. The fourth-order valence-corrected chi connectivity index (χ4v) is 2.70. The van der Waals surface area contributed by atoms with E-state index in [1.807, 2.05) is 13.8 Å². The van der Waals surface area contributed by atoms with Crippen LogP contribution in [0.15, 0.2) is 17.2 Å². The first-order valence-corrected chi connectivity index (χ1v) is 7.81. The van der Waals surface area contributed by atoms with Crippen LogP contribution < -0.4 is 15.8 Å². The normalized spacial score (nSPS) is 13.5. The Morgan fingerprint density at radius 3 is 2.55 bits per heavy atom. The summed E-state index contributed by atoms with van der Waals surface area (Å²) in [4.78, 5) is 11.6. The average molecular weight is 302 g/mol. The molecule has 114 valence electrons. The molecule has 0 saturated heterocycles. The maximum atomic E-state index is 12.1. The third-order valence-corrected chi connectivity index (χ3v) is 4.51. The zero-order valence-electron chi connectivity index (χ0n) is 12.2. The molecule has 0 aliphatic carbocycles. The summed E-state index contributed by atoms with van der Waals surface area (Å²) in [6, 6.07) is 1.08. The van der Waals surface area contributed by atoms with Crippen molar-refractivity contribution in [1.29, 1.82) is 0 Å². The minimum atomic E-state index is -3.66. The highest BCUT2D eigenvalue weighted by atomic mass is 32.2. The van der Waals surface area contributed by atoms with Crippen LogP contribution in [0.25, 0.3) is 0 Å². The lowest BCUT2D eigenvalue weighted by Crippen LogP contribution is -2.40. The summed E-state index contributed by atoms with van der Waals surface area (Å²) < 4.78 is 28.2. The Bertz CT molecular complexity index is 578. The number of hydrogen-bond acceptors (Lipinski definition) is 4. The third kappa shape index (κ3) is 3.81. The fraction of sp³-hybridized carbons (Fsp3) is 0.583. The van der Waals surface area contributed by atoms with Gasteiger partial charge in [-0.1, -0.05) is 13.8 Å². The number of amides is 1. The second kappa shape index (κ2) is 6.38. The quantitative estimate of drug-likeness (QED) is 0.667. The van der Waals surface area contributed by atoms with Crippen LogP contribution in [-0.2, 0) is 17.1 Å². The first-order valence-electron chi connectivity index (χ1n) is 6.32. The summed E-state index contributed by atoms with van der Waals surface area (Å²) in [7, 11) is -0.559. The van der Waals surface area contributed by atoms with Gasteiger partial charge in [0.25, 0.3) is 5.91 Å². The largest absolute Gasteiger partial charge is 0.354 e. The van der Waals surface area contributed by atoms with Crippen LogP contribution in [0.4, 0.5) is 0 Å². The standard InChI is InChI=1S/C12H22N4O3S/c1-8(2)10(13)6-15-20(18,19)9-5-11(12(17)14-3)16(4)7-9/h5,7-8,10,15H,6,13H2,1-4H3,(H,14,17). The number of hydrogen-bond donors (Lipinski definition) is 3. The van der Waals surface area contributed by atoms with Gasteiger partial charge >= 0.3 is 0 Å². The van der Waals surface area contributed by atoms with Gasteiger partial charge in [-0.05, 0) is 12.0 Å². The van der Waals surface area contributed by atoms with Gasteiger partial charge in [0.05, 0.1) is 0 Å². The molecule has 0 aromatic carbocycles. The summed E-state index contributed by atoms with van der Waals surface area (Å²) in [5, 5.41) is 2.46. The molecule has 0 aliphatic heterocycles. The number of nitrogens with zero attached hydrogens (tertiary/aromatic N) is 1. The molecule has 1 heterocycles. The molecule has 0 bridgehead atoms. The van der Waals surface area contributed by atoms with Crippen LogP contribution in [-0.4, -0.2) is 38.5 Å². The molecule has 8 heteroatoms. The summed E-state index contributed by atoms with van der Waals surface area (Å²) in [5.41, 5.74) is 6.09. The first-order chi connectivity index (χ1) is 9.19. The number of rotatable bonds is 6. The number of carbonyl (C=O) groups excluding carboxylic acids is 1. The van der Waals surface area contributed by atoms with Gasteiger partial charge in [0.1, 0.15) is 10.6 Å². The van der Waals surface area contributed by atoms with E-state index in [0.717, 1.165) is 0 Å². The molecule has 1 unspecified atom stereocenters. The molecule has 1 rings (SSSR count). The van der Waals surface area contributed by atoms with Crippen molar-refractivity contribution in [2.75, 3.05) is 13.6 Å². The zero-order chi connectivity index (χ0) is 15.5. The van der Waals surface area contributed by atoms with Crippen LogP contribution in [0.5, 0.6) is 0 Å². The summed E-state index contributed by atoms with van der Waals surface area (Å²) in [6.45, 7) is 4.00. The van der Waals surface area contributed by atoms with Gasteiger partial charge < -0.3 is 15.6 Å². The number of sulfonamides is 1. The zero-order valence-corrected chi connectivity index (χ0v) is 13.0. The SMILES string of the molecule is CNC(=O)c1cc(S(=O)(=O)NCC(N)C(C)C)cn1C. The van der Waals surface area contributed by atoms with Gasteiger partial charge in [-0.15, -0.1) is 0 Å². The minimum Gasteiger partial charge on any atom is -0.354 e. The molecule has 20 heavy (non-hydrogen) atoms. The highest BCUT2D eigenvalue weighted by Gasteiger charge is 2.21. The van der Waals surface area contributed by atoms with Crippen LogP contribution in [0.1, 0.15) is 24.3 Å². The van der Waals surface area contributed by atoms with Gasteiger partial charge in [0.2, 0.25) is 10.0 Å². The summed E-state index contributed by atoms with van der Waals surface area (Å²) in [6.07, 6.45) is 1.40. The summed E-state index contributed by atoms with van der Waals surface area (Å²) in [5.74, 6) is -0.164. The predicted octanol–water partition coefficient (Wildman–Crippen LogP) is -0.354. The number of aryl methyl sites for hydroxylation is 1. The van der Waals surface area contributed by atoms with Gasteiger partial charge in [-0.3, -0.25) is 4.79 Å². The molecular formula is C12H22N4O3S. The smallest absolute Gasteiger partial charge is 0.267 e. The molecular weight excluding hydrogens is 280 g/mol. The Morgan fingerprint density at radius 1 is 1.45 bits per heavy atom. The maximum absolute atomic E-state index is 12.1. The molecule has 1 aromatic rings. The Kier molecular flexibility index (Phi) is 5.32. The van der Waals surface area contributed by atoms with Gasteiger partial charge in [0.15, 0.2) is 0 Å². The van der Waals surface area contributed by atoms with Crippen LogP contribution in [0.2, 0.25) is 0 Å². The van der Waals surface area contributed by atoms with Crippen molar-refractivity contribution in [3.8, 4) is 0 Å². The topological polar surface area (TPSA) is 106 Å². The summed E-state index contributed by atoms with van der Waals surface area (Å²) >= 11 is 0. The van der Waals surface area contributed by atoms with Crippen LogP contribution in [0, 0.1) is 5.92 Å². The van der Waals surface area contributed by atoms with E-state index >= 15 is 0 Å². The van der Waals surface area contributed by atoms with Crippen molar-refractivity contribution >= 4 is 15.9 Å². The van der Waals surface area contributed by atoms with Crippen molar-refractivity contribution in [3.05, 3.63) is 18.0 Å². The van der Waals surface area contributed by atoms with Crippen LogP contribution in [0.3, 0.4) is 0 Å². The highest BCUT2D eigenvalue weighted by molar-refractivity contribution is 7.89. The van der Waals surface area contributed by atoms with E-state index in [-0.39, 0.29) is 35.0 Å². The maximum Gasteiger partial charge on any atom is 0.267 e. The van der Waals surface area contributed by atoms with Gasteiger partial charge in [0, 0.05) is 32.9 Å². The van der Waals surface area contributed by atoms with E-state index in [1.54, 1.807) is 7.05 Å². The van der Waals surface area contributed by atoms with E-state index in [2.05, 4.69) is 10.0 Å². The molecule has 1 aromatic heterocycles. The Labute approximate surface area is 119 Å². The Hall–Kier alpha value is -1.38.